The van der Waals surface area contributed by atoms with E-state index in [1.165, 1.54) is 11.3 Å². The largest absolute Gasteiger partial charge is 0.333 e. The smallest absolute Gasteiger partial charge is 0.270 e. The first-order valence-electron chi connectivity index (χ1n) is 13.9. The van der Waals surface area contributed by atoms with Gasteiger partial charge in [0, 0.05) is 29.6 Å². The molecule has 0 spiro atoms. The highest BCUT2D eigenvalue weighted by atomic mass is 35.5. The molecule has 0 fully saturated rings. The van der Waals surface area contributed by atoms with E-state index in [4.69, 9.17) is 11.6 Å². The molecule has 0 atom stereocenters. The summed E-state index contributed by atoms with van der Waals surface area (Å²) in [5, 5.41) is 18.5. The number of hydrogen-bond donors (Lipinski definition) is 2. The minimum Gasteiger partial charge on any atom is -0.333 e. The van der Waals surface area contributed by atoms with Crippen molar-refractivity contribution >= 4 is 40.7 Å². The zero-order valence-electron chi connectivity index (χ0n) is 23.4. The average molecular weight is 619 g/mol. The van der Waals surface area contributed by atoms with E-state index < -0.39 is 0 Å². The maximum absolute atomic E-state index is 14.2. The summed E-state index contributed by atoms with van der Waals surface area (Å²) in [6.45, 7) is 0.816. The van der Waals surface area contributed by atoms with Crippen LogP contribution in [0.5, 0.6) is 0 Å². The molecule has 0 radical (unpaired) electrons. The van der Waals surface area contributed by atoms with Gasteiger partial charge in [-0.3, -0.25) is 14.9 Å². The van der Waals surface area contributed by atoms with E-state index in [0.29, 0.717) is 28.6 Å². The lowest BCUT2D eigenvalue weighted by atomic mass is 9.90. The molecule has 0 aliphatic heterocycles. The van der Waals surface area contributed by atoms with Crippen LogP contribution in [0.4, 0.5) is 5.95 Å². The number of aromatic amines is 1. The molecule has 2 N–H and O–H groups in total. The van der Waals surface area contributed by atoms with Crippen molar-refractivity contribution in [2.45, 2.75) is 12.5 Å². The number of carbonyl (C=O) groups excluding carboxylic acids is 2. The fraction of sp³-hybridized carbons (Fsp3) is 0.0882. The summed E-state index contributed by atoms with van der Waals surface area (Å²) in [7, 11) is 0. The third kappa shape index (κ3) is 6.91. The molecule has 10 heteroatoms. The molecule has 0 aliphatic carbocycles. The van der Waals surface area contributed by atoms with Gasteiger partial charge in [-0.25, -0.2) is 0 Å². The van der Waals surface area contributed by atoms with Gasteiger partial charge in [-0.1, -0.05) is 102 Å². The van der Waals surface area contributed by atoms with Crippen LogP contribution in [0.25, 0.3) is 11.1 Å². The van der Waals surface area contributed by atoms with Gasteiger partial charge in [-0.15, -0.1) is 16.4 Å². The van der Waals surface area contributed by atoms with Crippen LogP contribution in [0, 0.1) is 0 Å². The Morgan fingerprint density at radius 2 is 1.50 bits per heavy atom. The Bertz CT molecular complexity index is 1790. The van der Waals surface area contributed by atoms with E-state index in [2.05, 4.69) is 50.2 Å². The van der Waals surface area contributed by atoms with Crippen LogP contribution in [0.3, 0.4) is 0 Å². The molecule has 2 heterocycles. The Kier molecular flexibility index (Phi) is 8.86. The van der Waals surface area contributed by atoms with Crippen LogP contribution >= 0.6 is 22.9 Å². The number of anilines is 1. The van der Waals surface area contributed by atoms with Gasteiger partial charge in [0.2, 0.25) is 0 Å². The van der Waals surface area contributed by atoms with E-state index in [1.807, 2.05) is 89.1 Å². The van der Waals surface area contributed by atoms with Crippen LogP contribution in [0.1, 0.15) is 42.6 Å². The molecule has 218 valence electrons. The molecule has 2 amide bonds. The van der Waals surface area contributed by atoms with Crippen LogP contribution in [0.15, 0.2) is 121 Å². The Morgan fingerprint density at radius 3 is 2.11 bits per heavy atom. The SMILES string of the molecule is O=C(Nc1nn[nH]n1)c1ccc(CN(CC(c2ccccc2)c2ccccc2)C(=O)c2cc(-c3ccc(Cl)cc3)cs2)cc1. The molecule has 8 nitrogen and oxygen atoms in total. The number of halogens is 1. The standard InChI is InChI=1S/C34H27ClN6O2S/c35-29-17-15-24(16-18-29)28-19-31(44-22-28)33(43)41(21-30(25-7-3-1-4-8-25)26-9-5-2-6-10-26)20-23-11-13-27(14-12-23)32(42)36-34-37-39-40-38-34/h1-19,22,30H,20-21H2,(H2,36,37,38,39,40,42). The first-order chi connectivity index (χ1) is 21.5. The first kappa shape index (κ1) is 29.0. The van der Waals surface area contributed by atoms with E-state index in [0.717, 1.165) is 27.8 Å². The molecule has 6 rings (SSSR count). The predicted molar refractivity (Wildman–Crippen MR) is 173 cm³/mol. The molecule has 6 aromatic rings. The van der Waals surface area contributed by atoms with Crippen molar-refractivity contribution in [1.82, 2.24) is 25.5 Å². The number of thiophene rings is 1. The van der Waals surface area contributed by atoms with Crippen molar-refractivity contribution in [1.29, 1.82) is 0 Å². The number of nitrogens with zero attached hydrogens (tertiary/aromatic N) is 4. The lowest BCUT2D eigenvalue weighted by Gasteiger charge is -2.28. The number of nitrogens with one attached hydrogen (secondary N) is 2. The molecule has 0 unspecified atom stereocenters. The highest BCUT2D eigenvalue weighted by Gasteiger charge is 2.25. The summed E-state index contributed by atoms with van der Waals surface area (Å²) in [4.78, 5) is 29.4. The molecule has 0 bridgehead atoms. The second-order valence-corrected chi connectivity index (χ2v) is 11.5. The Morgan fingerprint density at radius 1 is 0.841 bits per heavy atom. The van der Waals surface area contributed by atoms with Gasteiger partial charge in [-0.05, 0) is 68.7 Å². The number of rotatable bonds is 10. The number of tetrazole rings is 1. The van der Waals surface area contributed by atoms with E-state index in [1.54, 1.807) is 12.1 Å². The lowest BCUT2D eigenvalue weighted by molar-refractivity contribution is 0.0742. The predicted octanol–water partition coefficient (Wildman–Crippen LogP) is 7.31. The van der Waals surface area contributed by atoms with Gasteiger partial charge in [0.1, 0.15) is 0 Å². The molecular weight excluding hydrogens is 592 g/mol. The third-order valence-electron chi connectivity index (χ3n) is 7.24. The Labute approximate surface area is 263 Å². The lowest BCUT2D eigenvalue weighted by Crippen LogP contribution is -2.34. The van der Waals surface area contributed by atoms with Crippen molar-refractivity contribution in [2.75, 3.05) is 11.9 Å². The van der Waals surface area contributed by atoms with Crippen molar-refractivity contribution in [2.24, 2.45) is 0 Å². The van der Waals surface area contributed by atoms with Gasteiger partial charge in [-0.2, -0.15) is 5.21 Å². The number of benzene rings is 4. The van der Waals surface area contributed by atoms with Gasteiger partial charge in [0.05, 0.1) is 4.88 Å². The van der Waals surface area contributed by atoms with Gasteiger partial charge >= 0.3 is 0 Å². The average Bonchev–Trinajstić information content (AvgIpc) is 3.77. The molecule has 0 saturated heterocycles. The summed E-state index contributed by atoms with van der Waals surface area (Å²) in [5.74, 6) is -0.367. The maximum Gasteiger partial charge on any atom is 0.270 e. The zero-order valence-corrected chi connectivity index (χ0v) is 25.0. The Hall–Kier alpha value is -5.12. The minimum absolute atomic E-state index is 0.0444. The number of amides is 2. The highest BCUT2D eigenvalue weighted by molar-refractivity contribution is 7.12. The summed E-state index contributed by atoms with van der Waals surface area (Å²) in [6, 6.07) is 37.2. The highest BCUT2D eigenvalue weighted by Crippen LogP contribution is 2.31. The number of hydrogen-bond acceptors (Lipinski definition) is 6. The maximum atomic E-state index is 14.2. The summed E-state index contributed by atoms with van der Waals surface area (Å²) < 4.78 is 0. The topological polar surface area (TPSA) is 104 Å². The third-order valence-corrected chi connectivity index (χ3v) is 8.41. The van der Waals surface area contributed by atoms with Gasteiger partial charge < -0.3 is 4.90 Å². The van der Waals surface area contributed by atoms with Crippen LogP contribution in [-0.4, -0.2) is 43.9 Å². The van der Waals surface area contributed by atoms with E-state index in [-0.39, 0.29) is 23.7 Å². The van der Waals surface area contributed by atoms with Crippen LogP contribution < -0.4 is 5.32 Å². The van der Waals surface area contributed by atoms with Crippen molar-refractivity contribution in [3.63, 3.8) is 0 Å². The van der Waals surface area contributed by atoms with Gasteiger partial charge in [0.25, 0.3) is 17.8 Å². The number of aromatic nitrogens is 4. The monoisotopic (exact) mass is 618 g/mol. The molecule has 0 saturated carbocycles. The fourth-order valence-corrected chi connectivity index (χ4v) is 5.99. The normalized spacial score (nSPS) is 11.0. The van der Waals surface area contributed by atoms with E-state index >= 15 is 0 Å². The van der Waals surface area contributed by atoms with Crippen molar-refractivity contribution in [3.05, 3.63) is 153 Å². The van der Waals surface area contributed by atoms with Crippen LogP contribution in [0.2, 0.25) is 5.02 Å². The second-order valence-electron chi connectivity index (χ2n) is 10.2. The molecule has 44 heavy (non-hydrogen) atoms. The first-order valence-corrected chi connectivity index (χ1v) is 15.2. The molecular formula is C34H27ClN6O2S. The summed E-state index contributed by atoms with van der Waals surface area (Å²) in [6.07, 6.45) is 0. The van der Waals surface area contributed by atoms with Crippen LogP contribution in [-0.2, 0) is 6.54 Å². The second kappa shape index (κ2) is 13.5. The summed E-state index contributed by atoms with van der Waals surface area (Å²) >= 11 is 7.52. The van der Waals surface area contributed by atoms with Gasteiger partial charge in [0.15, 0.2) is 0 Å². The molecule has 2 aromatic heterocycles. The molecule has 0 aliphatic rings. The minimum atomic E-state index is -0.354. The Balaban J connectivity index is 1.30. The van der Waals surface area contributed by atoms with Crippen molar-refractivity contribution in [3.8, 4) is 11.1 Å². The zero-order chi connectivity index (χ0) is 30.3. The fourth-order valence-electron chi connectivity index (χ4n) is 4.98. The van der Waals surface area contributed by atoms with Crippen molar-refractivity contribution < 1.29 is 9.59 Å². The summed E-state index contributed by atoms with van der Waals surface area (Å²) in [5.41, 5.74) is 5.54. The number of carbonyl (C=O) groups is 2. The quantitative estimate of drug-likeness (QED) is 0.168. The molecule has 4 aromatic carbocycles. The van der Waals surface area contributed by atoms with E-state index in [9.17, 15) is 9.59 Å². The number of H-pyrrole nitrogens is 1.